The fourth-order valence-corrected chi connectivity index (χ4v) is 3.07. The largest absolute Gasteiger partial charge is 0.496 e. The molecule has 138 valence electrons. The zero-order valence-corrected chi connectivity index (χ0v) is 15.9. The minimum Gasteiger partial charge on any atom is -0.496 e. The molecular weight excluding hydrogens is 316 g/mol. The van der Waals surface area contributed by atoms with Gasteiger partial charge in [-0.1, -0.05) is 33.3 Å². The predicted molar refractivity (Wildman–Crippen MR) is 99.1 cm³/mol. The molecule has 1 aliphatic rings. The van der Waals surface area contributed by atoms with Crippen molar-refractivity contribution in [3.63, 3.8) is 0 Å². The van der Waals surface area contributed by atoms with E-state index in [1.165, 1.54) is 0 Å². The molecular formula is C20H30N2O3. The second kappa shape index (κ2) is 8.88. The van der Waals surface area contributed by atoms with Gasteiger partial charge in [0.25, 0.3) is 5.91 Å². The third-order valence-electron chi connectivity index (χ3n) is 4.78. The minimum absolute atomic E-state index is 0.0139. The highest BCUT2D eigenvalue weighted by molar-refractivity contribution is 5.97. The molecule has 1 saturated heterocycles. The van der Waals surface area contributed by atoms with E-state index in [9.17, 15) is 9.59 Å². The molecule has 0 bridgehead atoms. The first-order chi connectivity index (χ1) is 12.0. The summed E-state index contributed by atoms with van der Waals surface area (Å²) in [5, 5.41) is 0. The zero-order valence-electron chi connectivity index (χ0n) is 15.9. The van der Waals surface area contributed by atoms with Crippen LogP contribution in [0.2, 0.25) is 0 Å². The van der Waals surface area contributed by atoms with Crippen LogP contribution in [0.3, 0.4) is 0 Å². The Morgan fingerprint density at radius 1 is 1.12 bits per heavy atom. The lowest BCUT2D eigenvalue weighted by Gasteiger charge is -2.35. The number of hydrogen-bond donors (Lipinski definition) is 0. The number of carbonyl (C=O) groups is 2. The fourth-order valence-electron chi connectivity index (χ4n) is 3.07. The third kappa shape index (κ3) is 4.74. The predicted octanol–water partition coefficient (Wildman–Crippen LogP) is 3.29. The molecule has 1 aromatic carbocycles. The quantitative estimate of drug-likeness (QED) is 0.794. The summed E-state index contributed by atoms with van der Waals surface area (Å²) in [7, 11) is 1.59. The number of nitrogens with zero attached hydrogens (tertiary/aromatic N) is 2. The van der Waals surface area contributed by atoms with Crippen molar-refractivity contribution >= 4 is 11.8 Å². The molecule has 2 amide bonds. The summed E-state index contributed by atoms with van der Waals surface area (Å²) in [5.41, 5.74) is 1.73. The first kappa shape index (κ1) is 19.3. The Hall–Kier alpha value is -2.04. The number of rotatable bonds is 6. The van der Waals surface area contributed by atoms with Gasteiger partial charge < -0.3 is 14.5 Å². The number of carbonyl (C=O) groups excluding carboxylic acids is 2. The second-order valence-electron chi connectivity index (χ2n) is 6.89. The van der Waals surface area contributed by atoms with Gasteiger partial charge >= 0.3 is 0 Å². The first-order valence-corrected chi connectivity index (χ1v) is 9.22. The van der Waals surface area contributed by atoms with Gasteiger partial charge in [-0.3, -0.25) is 9.59 Å². The van der Waals surface area contributed by atoms with Gasteiger partial charge in [0.1, 0.15) is 5.75 Å². The molecule has 0 radical (unpaired) electrons. The molecule has 0 aliphatic carbocycles. The van der Waals surface area contributed by atoms with Crippen LogP contribution in [0.25, 0.3) is 0 Å². The molecule has 5 nitrogen and oxygen atoms in total. The third-order valence-corrected chi connectivity index (χ3v) is 4.78. The summed E-state index contributed by atoms with van der Waals surface area (Å²) in [6.07, 6.45) is 2.56. The lowest BCUT2D eigenvalue weighted by Crippen LogP contribution is -2.50. The summed E-state index contributed by atoms with van der Waals surface area (Å²) in [4.78, 5) is 28.8. The number of ether oxygens (including phenoxy) is 1. The van der Waals surface area contributed by atoms with Crippen LogP contribution < -0.4 is 4.74 Å². The summed E-state index contributed by atoms with van der Waals surface area (Å²) in [6, 6.07) is 5.81. The maximum absolute atomic E-state index is 12.9. The lowest BCUT2D eigenvalue weighted by atomic mass is 9.99. The van der Waals surface area contributed by atoms with Gasteiger partial charge in [-0.25, -0.2) is 0 Å². The molecule has 0 spiro atoms. The van der Waals surface area contributed by atoms with Gasteiger partial charge in [0.15, 0.2) is 0 Å². The molecule has 25 heavy (non-hydrogen) atoms. The molecule has 0 saturated carbocycles. The van der Waals surface area contributed by atoms with Crippen LogP contribution in [0, 0.1) is 0 Å². The standard InChI is InChI=1S/C20H30N2O3/c1-5-6-7-19(23)21-10-12-22(13-11-21)20(24)17-14-16(15(2)3)8-9-18(17)25-4/h8-9,14-15H,5-7,10-13H2,1-4H3. The highest BCUT2D eigenvalue weighted by atomic mass is 16.5. The van der Waals surface area contributed by atoms with Crippen LogP contribution in [0.1, 0.15) is 61.9 Å². The van der Waals surface area contributed by atoms with Crippen molar-refractivity contribution in [3.05, 3.63) is 29.3 Å². The van der Waals surface area contributed by atoms with Gasteiger partial charge in [0, 0.05) is 32.6 Å². The highest BCUT2D eigenvalue weighted by Gasteiger charge is 2.26. The molecule has 1 heterocycles. The zero-order chi connectivity index (χ0) is 18.4. The molecule has 1 aliphatic heterocycles. The molecule has 0 aromatic heterocycles. The van der Waals surface area contributed by atoms with E-state index in [-0.39, 0.29) is 11.8 Å². The topological polar surface area (TPSA) is 49.9 Å². The van der Waals surface area contributed by atoms with Crippen molar-refractivity contribution in [3.8, 4) is 5.75 Å². The highest BCUT2D eigenvalue weighted by Crippen LogP contribution is 2.26. The Labute approximate surface area is 150 Å². The number of unbranched alkanes of at least 4 members (excludes halogenated alkanes) is 1. The Bertz CT molecular complexity index is 605. The average Bonchev–Trinajstić information content (AvgIpc) is 2.64. The summed E-state index contributed by atoms with van der Waals surface area (Å²) < 4.78 is 5.38. The van der Waals surface area contributed by atoms with Gasteiger partial charge in [0.2, 0.25) is 5.91 Å². The summed E-state index contributed by atoms with van der Waals surface area (Å²) >= 11 is 0. The number of piperazine rings is 1. The molecule has 1 fully saturated rings. The summed E-state index contributed by atoms with van der Waals surface area (Å²) in [6.45, 7) is 8.68. The molecule has 2 rings (SSSR count). The lowest BCUT2D eigenvalue weighted by molar-refractivity contribution is -0.132. The van der Waals surface area contributed by atoms with Crippen LogP contribution in [-0.4, -0.2) is 54.9 Å². The SMILES string of the molecule is CCCCC(=O)N1CCN(C(=O)c2cc(C(C)C)ccc2OC)CC1. The van der Waals surface area contributed by atoms with Crippen molar-refractivity contribution in [2.45, 2.75) is 46.0 Å². The molecule has 0 N–H and O–H groups in total. The maximum atomic E-state index is 12.9. The van der Waals surface area contributed by atoms with E-state index in [1.807, 2.05) is 28.0 Å². The van der Waals surface area contributed by atoms with Crippen molar-refractivity contribution in [1.82, 2.24) is 9.80 Å². The Kier molecular flexibility index (Phi) is 6.85. The van der Waals surface area contributed by atoms with Crippen molar-refractivity contribution in [1.29, 1.82) is 0 Å². The van der Waals surface area contributed by atoms with E-state index in [4.69, 9.17) is 4.74 Å². The fraction of sp³-hybridized carbons (Fsp3) is 0.600. The van der Waals surface area contributed by atoms with E-state index in [0.29, 0.717) is 49.8 Å². The molecule has 5 heteroatoms. The molecule has 0 atom stereocenters. The van der Waals surface area contributed by atoms with Crippen LogP contribution in [0.15, 0.2) is 18.2 Å². The second-order valence-corrected chi connectivity index (χ2v) is 6.89. The number of methoxy groups -OCH3 is 1. The first-order valence-electron chi connectivity index (χ1n) is 9.22. The van der Waals surface area contributed by atoms with Crippen LogP contribution >= 0.6 is 0 Å². The number of amides is 2. The van der Waals surface area contributed by atoms with Gasteiger partial charge in [0.05, 0.1) is 12.7 Å². The van der Waals surface area contributed by atoms with Gasteiger partial charge in [-0.05, 0) is 30.0 Å². The smallest absolute Gasteiger partial charge is 0.257 e. The average molecular weight is 346 g/mol. The van der Waals surface area contributed by atoms with Crippen LogP contribution in [-0.2, 0) is 4.79 Å². The monoisotopic (exact) mass is 346 g/mol. The summed E-state index contributed by atoms with van der Waals surface area (Å²) in [5.74, 6) is 1.15. The van der Waals surface area contributed by atoms with Gasteiger partial charge in [-0.2, -0.15) is 0 Å². The Morgan fingerprint density at radius 2 is 1.76 bits per heavy atom. The maximum Gasteiger partial charge on any atom is 0.257 e. The van der Waals surface area contributed by atoms with Gasteiger partial charge in [-0.15, -0.1) is 0 Å². The van der Waals surface area contributed by atoms with Crippen LogP contribution in [0.4, 0.5) is 0 Å². The van der Waals surface area contributed by atoms with E-state index >= 15 is 0 Å². The molecule has 1 aromatic rings. The minimum atomic E-state index is -0.0139. The van der Waals surface area contributed by atoms with Crippen molar-refractivity contribution in [2.75, 3.05) is 33.3 Å². The Morgan fingerprint density at radius 3 is 2.32 bits per heavy atom. The van der Waals surface area contributed by atoms with E-state index < -0.39 is 0 Å². The van der Waals surface area contributed by atoms with Crippen molar-refractivity contribution in [2.24, 2.45) is 0 Å². The van der Waals surface area contributed by atoms with E-state index in [0.717, 1.165) is 18.4 Å². The molecule has 0 unspecified atom stereocenters. The van der Waals surface area contributed by atoms with E-state index in [2.05, 4.69) is 20.8 Å². The Balaban J connectivity index is 2.05. The number of benzene rings is 1. The van der Waals surface area contributed by atoms with Crippen LogP contribution in [0.5, 0.6) is 5.75 Å². The normalized spacial score (nSPS) is 14.8. The van der Waals surface area contributed by atoms with E-state index in [1.54, 1.807) is 7.11 Å². The van der Waals surface area contributed by atoms with Crippen molar-refractivity contribution < 1.29 is 14.3 Å². The number of hydrogen-bond acceptors (Lipinski definition) is 3.